The number of hydrogen-bond donors (Lipinski definition) is 1. The summed E-state index contributed by atoms with van der Waals surface area (Å²) in [7, 11) is 0. The molecule has 1 N–H and O–H groups in total. The number of rotatable bonds is 4. The number of Topliss-reactive ketones (excluding diaryl/α,β-unsaturated/α-hetero) is 1. The number of anilines is 1. The van der Waals surface area contributed by atoms with Crippen LogP contribution in [-0.2, 0) is 0 Å². The summed E-state index contributed by atoms with van der Waals surface area (Å²) in [5.41, 5.74) is 3.12. The first-order chi connectivity index (χ1) is 12.8. The Morgan fingerprint density at radius 2 is 1.88 bits per heavy atom. The molecule has 2 atom stereocenters. The van der Waals surface area contributed by atoms with Gasteiger partial charge in [0.2, 0.25) is 0 Å². The van der Waals surface area contributed by atoms with Gasteiger partial charge in [-0.15, -0.1) is 0 Å². The van der Waals surface area contributed by atoms with E-state index < -0.39 is 0 Å². The van der Waals surface area contributed by atoms with Crippen molar-refractivity contribution in [1.29, 1.82) is 0 Å². The highest BCUT2D eigenvalue weighted by Gasteiger charge is 2.41. The van der Waals surface area contributed by atoms with Crippen LogP contribution in [0.25, 0.3) is 16.6 Å². The van der Waals surface area contributed by atoms with Crippen molar-refractivity contribution in [2.45, 2.75) is 31.8 Å². The molecule has 0 spiro atoms. The average molecular weight is 345 g/mol. The maximum Gasteiger partial charge on any atom is 0.166 e. The van der Waals surface area contributed by atoms with Gasteiger partial charge < -0.3 is 10.2 Å². The van der Waals surface area contributed by atoms with Crippen molar-refractivity contribution in [2.75, 3.05) is 18.0 Å². The Morgan fingerprint density at radius 3 is 2.58 bits per heavy atom. The zero-order chi connectivity index (χ0) is 17.7. The molecule has 2 aliphatic rings. The quantitative estimate of drug-likeness (QED) is 0.731. The average Bonchev–Trinajstić information content (AvgIpc) is 3.40. The van der Waals surface area contributed by atoms with Crippen LogP contribution >= 0.6 is 0 Å². The third-order valence-electron chi connectivity index (χ3n) is 5.79. The van der Waals surface area contributed by atoms with E-state index in [1.165, 1.54) is 0 Å². The number of nitrogens with one attached hydrogen (secondary N) is 1. The molecule has 0 aliphatic carbocycles. The Hall–Kier alpha value is -2.59. The van der Waals surface area contributed by atoms with Crippen LogP contribution < -0.4 is 10.2 Å². The lowest BCUT2D eigenvalue weighted by molar-refractivity contribution is 0.0990. The summed E-state index contributed by atoms with van der Waals surface area (Å²) in [5, 5.41) is 4.64. The Bertz CT molecular complexity index is 976. The number of piperazine rings is 1. The lowest BCUT2D eigenvalue weighted by atomic mass is 10.1. The molecule has 0 saturated carbocycles. The lowest BCUT2D eigenvalue weighted by Gasteiger charge is -2.31. The molecule has 3 heterocycles. The number of benzene rings is 2. The minimum Gasteiger partial charge on any atom is -0.351 e. The van der Waals surface area contributed by atoms with Crippen molar-refractivity contribution < 1.29 is 4.79 Å². The predicted octanol–water partition coefficient (Wildman–Crippen LogP) is 3.77. The van der Waals surface area contributed by atoms with E-state index in [1.807, 2.05) is 19.1 Å². The number of carbonyl (C=O) groups is 1. The number of hydrogen-bond acceptors (Lipinski definition) is 3. The van der Waals surface area contributed by atoms with Crippen LogP contribution in [0, 0.1) is 0 Å². The van der Waals surface area contributed by atoms with E-state index in [4.69, 9.17) is 0 Å². The van der Waals surface area contributed by atoms with Gasteiger partial charge >= 0.3 is 0 Å². The fourth-order valence-corrected chi connectivity index (χ4v) is 4.61. The number of nitrogens with zero attached hydrogens (tertiary/aromatic N) is 2. The van der Waals surface area contributed by atoms with Crippen LogP contribution in [0.5, 0.6) is 0 Å². The first kappa shape index (κ1) is 15.6. The number of fused-ring (bicyclic) bond motifs is 3. The molecular weight excluding hydrogens is 322 g/mol. The van der Waals surface area contributed by atoms with Crippen molar-refractivity contribution in [1.82, 2.24) is 9.88 Å². The highest BCUT2D eigenvalue weighted by molar-refractivity contribution is 6.13. The van der Waals surface area contributed by atoms with Crippen LogP contribution in [0.4, 0.5) is 5.82 Å². The zero-order valence-corrected chi connectivity index (χ0v) is 15.0. The molecule has 0 amide bonds. The molecule has 3 aromatic rings. The second-order valence-corrected chi connectivity index (χ2v) is 7.31. The molecule has 1 aromatic heterocycles. The summed E-state index contributed by atoms with van der Waals surface area (Å²) in [6, 6.07) is 19.7. The van der Waals surface area contributed by atoms with Gasteiger partial charge in [-0.2, -0.15) is 0 Å². The molecule has 2 aromatic carbocycles. The van der Waals surface area contributed by atoms with Crippen molar-refractivity contribution in [3.8, 4) is 5.69 Å². The van der Waals surface area contributed by atoms with Crippen LogP contribution in [0.1, 0.15) is 30.1 Å². The second kappa shape index (κ2) is 5.99. The maximum atomic E-state index is 13.0. The van der Waals surface area contributed by atoms with Gasteiger partial charge in [-0.25, -0.2) is 0 Å². The van der Waals surface area contributed by atoms with Crippen molar-refractivity contribution in [3.05, 3.63) is 60.2 Å². The molecule has 2 saturated heterocycles. The van der Waals surface area contributed by atoms with E-state index in [9.17, 15) is 4.79 Å². The van der Waals surface area contributed by atoms with Gasteiger partial charge in [0, 0.05) is 42.7 Å². The van der Waals surface area contributed by atoms with Crippen LogP contribution in [0.3, 0.4) is 0 Å². The smallest absolute Gasteiger partial charge is 0.166 e. The Kier molecular flexibility index (Phi) is 3.61. The summed E-state index contributed by atoms with van der Waals surface area (Å²) in [6.07, 6.45) is 1.69. The van der Waals surface area contributed by atoms with Crippen LogP contribution in [0.15, 0.2) is 54.6 Å². The van der Waals surface area contributed by atoms with Gasteiger partial charge in [0.25, 0.3) is 0 Å². The summed E-state index contributed by atoms with van der Waals surface area (Å²) < 4.78 is 2.29. The highest BCUT2D eigenvalue weighted by Crippen LogP contribution is 2.40. The van der Waals surface area contributed by atoms with Gasteiger partial charge in [-0.05, 0) is 24.6 Å². The monoisotopic (exact) mass is 345 g/mol. The molecule has 2 unspecified atom stereocenters. The van der Waals surface area contributed by atoms with E-state index in [0.717, 1.165) is 47.5 Å². The fourth-order valence-electron chi connectivity index (χ4n) is 4.61. The SMILES string of the molecule is CCC(=O)c1c(N2CC3CC2CN3)n(-c2ccccc2)c2ccccc12. The predicted molar refractivity (Wildman–Crippen MR) is 105 cm³/mol. The lowest BCUT2D eigenvalue weighted by Crippen LogP contribution is -2.44. The van der Waals surface area contributed by atoms with Gasteiger partial charge in [0.1, 0.15) is 5.82 Å². The third kappa shape index (κ3) is 2.22. The number of carbonyl (C=O) groups excluding carboxylic acids is 1. The molecule has 4 nitrogen and oxygen atoms in total. The zero-order valence-electron chi connectivity index (χ0n) is 15.0. The van der Waals surface area contributed by atoms with Crippen LogP contribution in [0.2, 0.25) is 0 Å². The van der Waals surface area contributed by atoms with Gasteiger partial charge in [-0.3, -0.25) is 9.36 Å². The minimum atomic E-state index is 0.224. The standard InChI is InChI=1S/C22H23N3O/c1-2-20(26)21-18-10-6-7-11-19(18)25(16-8-4-3-5-9-16)22(21)24-14-15-12-17(24)13-23-15/h3-11,15,17,23H,2,12-14H2,1H3. The maximum absolute atomic E-state index is 13.0. The number of para-hydroxylation sites is 2. The van der Waals surface area contributed by atoms with E-state index in [0.29, 0.717) is 18.5 Å². The van der Waals surface area contributed by atoms with Crippen molar-refractivity contribution in [3.63, 3.8) is 0 Å². The molecule has 26 heavy (non-hydrogen) atoms. The first-order valence-corrected chi connectivity index (χ1v) is 9.50. The molecule has 2 fully saturated rings. The molecule has 132 valence electrons. The molecule has 4 heteroatoms. The Labute approximate surface area is 153 Å². The van der Waals surface area contributed by atoms with E-state index >= 15 is 0 Å². The highest BCUT2D eigenvalue weighted by atomic mass is 16.1. The number of ketones is 1. The molecule has 0 radical (unpaired) electrons. The van der Waals surface area contributed by atoms with Crippen LogP contribution in [-0.4, -0.2) is 35.5 Å². The number of aromatic nitrogens is 1. The largest absolute Gasteiger partial charge is 0.351 e. The Balaban J connectivity index is 1.84. The summed E-state index contributed by atoms with van der Waals surface area (Å²) in [6.45, 7) is 3.93. The fraction of sp³-hybridized carbons (Fsp3) is 0.318. The second-order valence-electron chi connectivity index (χ2n) is 7.31. The van der Waals surface area contributed by atoms with Gasteiger partial charge in [-0.1, -0.05) is 43.3 Å². The van der Waals surface area contributed by atoms with E-state index in [-0.39, 0.29) is 5.78 Å². The molecule has 2 aliphatic heterocycles. The Morgan fingerprint density at radius 1 is 1.12 bits per heavy atom. The van der Waals surface area contributed by atoms with Crippen molar-refractivity contribution in [2.24, 2.45) is 0 Å². The summed E-state index contributed by atoms with van der Waals surface area (Å²) in [4.78, 5) is 15.5. The van der Waals surface area contributed by atoms with Crippen molar-refractivity contribution >= 4 is 22.5 Å². The van der Waals surface area contributed by atoms with Gasteiger partial charge in [0.05, 0.1) is 11.1 Å². The molecule has 5 rings (SSSR count). The third-order valence-corrected chi connectivity index (χ3v) is 5.79. The summed E-state index contributed by atoms with van der Waals surface area (Å²) in [5.74, 6) is 1.31. The summed E-state index contributed by atoms with van der Waals surface area (Å²) >= 11 is 0. The normalized spacial score (nSPS) is 21.7. The van der Waals surface area contributed by atoms with E-state index in [1.54, 1.807) is 0 Å². The molecule has 2 bridgehead atoms. The first-order valence-electron chi connectivity index (χ1n) is 9.50. The van der Waals surface area contributed by atoms with E-state index in [2.05, 4.69) is 57.2 Å². The van der Waals surface area contributed by atoms with Gasteiger partial charge in [0.15, 0.2) is 5.78 Å². The topological polar surface area (TPSA) is 37.3 Å². The molecular formula is C22H23N3O. The minimum absolute atomic E-state index is 0.224.